The second-order valence-electron chi connectivity index (χ2n) is 5.41. The van der Waals surface area contributed by atoms with Gasteiger partial charge in [-0.15, -0.1) is 0 Å². The molecule has 1 aliphatic rings. The number of fused-ring (bicyclic) bond motifs is 1. The zero-order valence-corrected chi connectivity index (χ0v) is 11.6. The minimum Gasteiger partial charge on any atom is -0.376 e. The minimum atomic E-state index is -0.467. The van der Waals surface area contributed by atoms with E-state index in [0.717, 1.165) is 19.3 Å². The summed E-state index contributed by atoms with van der Waals surface area (Å²) in [6.07, 6.45) is 4.57. The summed E-state index contributed by atoms with van der Waals surface area (Å²) in [5, 5.41) is 14.7. The number of benzene rings is 1. The van der Waals surface area contributed by atoms with E-state index in [-0.39, 0.29) is 22.7 Å². The molecule has 2 atom stereocenters. The number of nitro groups is 1. The van der Waals surface area contributed by atoms with Crippen molar-refractivity contribution in [2.45, 2.75) is 32.2 Å². The summed E-state index contributed by atoms with van der Waals surface area (Å²) < 4.78 is 0. The Balaban J connectivity index is 1.99. The third-order valence-electron chi connectivity index (χ3n) is 3.88. The summed E-state index contributed by atoms with van der Waals surface area (Å²) in [5.74, 6) is 0.581. The van der Waals surface area contributed by atoms with Gasteiger partial charge in [-0.05, 0) is 24.8 Å². The van der Waals surface area contributed by atoms with Gasteiger partial charge in [0.1, 0.15) is 5.69 Å². The SMILES string of the molecule is CCCC1CC1Nc1cc2nc[nH]c(=O)c2cc1[N+](=O)[O-]. The standard InChI is InChI=1S/C14H16N4O3/c1-2-3-8-4-10(8)17-12-6-11-9(5-13(12)18(20)21)14(19)16-7-15-11/h5-8,10,17H,2-4H2,1H3,(H,15,16,19). The van der Waals surface area contributed by atoms with E-state index < -0.39 is 4.92 Å². The van der Waals surface area contributed by atoms with Crippen LogP contribution in [-0.2, 0) is 0 Å². The molecular weight excluding hydrogens is 272 g/mol. The Morgan fingerprint density at radius 2 is 2.33 bits per heavy atom. The topological polar surface area (TPSA) is 101 Å². The largest absolute Gasteiger partial charge is 0.376 e. The van der Waals surface area contributed by atoms with E-state index in [4.69, 9.17) is 0 Å². The molecule has 110 valence electrons. The molecule has 1 heterocycles. The Hall–Kier alpha value is -2.44. The number of hydrogen-bond donors (Lipinski definition) is 2. The zero-order chi connectivity index (χ0) is 15.0. The van der Waals surface area contributed by atoms with Crippen molar-refractivity contribution in [3.05, 3.63) is 38.9 Å². The molecule has 0 saturated heterocycles. The molecule has 21 heavy (non-hydrogen) atoms. The second kappa shape index (κ2) is 5.16. The molecule has 0 spiro atoms. The molecule has 1 aliphatic carbocycles. The van der Waals surface area contributed by atoms with E-state index in [1.54, 1.807) is 6.07 Å². The molecule has 2 N–H and O–H groups in total. The lowest BCUT2D eigenvalue weighted by atomic mass is 10.2. The first-order valence-electron chi connectivity index (χ1n) is 7.02. The monoisotopic (exact) mass is 288 g/mol. The highest BCUT2D eigenvalue weighted by molar-refractivity contribution is 5.86. The van der Waals surface area contributed by atoms with Crippen molar-refractivity contribution in [2.75, 3.05) is 5.32 Å². The summed E-state index contributed by atoms with van der Waals surface area (Å²) in [6, 6.07) is 3.16. The van der Waals surface area contributed by atoms with Crippen LogP contribution in [-0.4, -0.2) is 20.9 Å². The van der Waals surface area contributed by atoms with Crippen LogP contribution in [0.4, 0.5) is 11.4 Å². The van der Waals surface area contributed by atoms with Crippen LogP contribution in [0.1, 0.15) is 26.2 Å². The molecule has 0 radical (unpaired) electrons. The van der Waals surface area contributed by atoms with Gasteiger partial charge in [-0.3, -0.25) is 14.9 Å². The van der Waals surface area contributed by atoms with Crippen molar-refractivity contribution in [2.24, 2.45) is 5.92 Å². The van der Waals surface area contributed by atoms with Gasteiger partial charge in [-0.25, -0.2) is 4.98 Å². The van der Waals surface area contributed by atoms with Crippen molar-refractivity contribution in [3.63, 3.8) is 0 Å². The number of aromatic amines is 1. The fourth-order valence-electron chi connectivity index (χ4n) is 2.68. The van der Waals surface area contributed by atoms with Crippen LogP contribution < -0.4 is 10.9 Å². The van der Waals surface area contributed by atoms with Gasteiger partial charge in [0.05, 0.1) is 22.2 Å². The van der Waals surface area contributed by atoms with Gasteiger partial charge in [-0.2, -0.15) is 0 Å². The predicted molar refractivity (Wildman–Crippen MR) is 79.4 cm³/mol. The lowest BCUT2D eigenvalue weighted by Crippen LogP contribution is -2.10. The van der Waals surface area contributed by atoms with Gasteiger partial charge in [0.2, 0.25) is 0 Å². The lowest BCUT2D eigenvalue weighted by Gasteiger charge is -2.07. The molecule has 3 rings (SSSR count). The van der Waals surface area contributed by atoms with E-state index in [2.05, 4.69) is 22.2 Å². The average molecular weight is 288 g/mol. The van der Waals surface area contributed by atoms with E-state index in [1.165, 1.54) is 12.4 Å². The minimum absolute atomic E-state index is 0.0804. The van der Waals surface area contributed by atoms with Gasteiger partial charge in [0.25, 0.3) is 11.2 Å². The molecule has 2 aromatic rings. The van der Waals surface area contributed by atoms with Crippen molar-refractivity contribution in [1.82, 2.24) is 9.97 Å². The summed E-state index contributed by atoms with van der Waals surface area (Å²) in [6.45, 7) is 2.13. The molecule has 1 aromatic carbocycles. The van der Waals surface area contributed by atoms with Crippen LogP contribution in [0.5, 0.6) is 0 Å². The van der Waals surface area contributed by atoms with Crippen molar-refractivity contribution in [3.8, 4) is 0 Å². The van der Waals surface area contributed by atoms with Gasteiger partial charge in [0, 0.05) is 12.1 Å². The Kier molecular flexibility index (Phi) is 3.32. The molecule has 1 fully saturated rings. The number of nitro benzene ring substituents is 1. The maximum Gasteiger partial charge on any atom is 0.293 e. The van der Waals surface area contributed by atoms with Crippen LogP contribution in [0.2, 0.25) is 0 Å². The van der Waals surface area contributed by atoms with Crippen LogP contribution >= 0.6 is 0 Å². The number of aromatic nitrogens is 2. The molecule has 7 heteroatoms. The first kappa shape index (κ1) is 13.5. The van der Waals surface area contributed by atoms with E-state index in [1.807, 2.05) is 0 Å². The molecule has 0 bridgehead atoms. The number of nitrogens with one attached hydrogen (secondary N) is 2. The first-order chi connectivity index (χ1) is 10.1. The summed E-state index contributed by atoms with van der Waals surface area (Å²) in [7, 11) is 0. The fraction of sp³-hybridized carbons (Fsp3) is 0.429. The average Bonchev–Trinajstić information content (AvgIpc) is 3.16. The fourth-order valence-corrected chi connectivity index (χ4v) is 2.68. The predicted octanol–water partition coefficient (Wildman–Crippen LogP) is 2.43. The number of nitrogens with zero attached hydrogens (tertiary/aromatic N) is 2. The quantitative estimate of drug-likeness (QED) is 0.650. The summed E-state index contributed by atoms with van der Waals surface area (Å²) in [5.41, 5.74) is 0.446. The second-order valence-corrected chi connectivity index (χ2v) is 5.41. The van der Waals surface area contributed by atoms with Crippen molar-refractivity contribution >= 4 is 22.3 Å². The molecule has 0 aliphatic heterocycles. The molecule has 2 unspecified atom stereocenters. The molecule has 1 aromatic heterocycles. The normalized spacial score (nSPS) is 20.4. The molecule has 7 nitrogen and oxygen atoms in total. The Morgan fingerprint density at radius 3 is 3.05 bits per heavy atom. The Labute approximate surface area is 120 Å². The van der Waals surface area contributed by atoms with E-state index in [0.29, 0.717) is 17.1 Å². The van der Waals surface area contributed by atoms with Gasteiger partial charge in [0.15, 0.2) is 0 Å². The van der Waals surface area contributed by atoms with Gasteiger partial charge >= 0.3 is 0 Å². The zero-order valence-electron chi connectivity index (χ0n) is 11.6. The Morgan fingerprint density at radius 1 is 1.52 bits per heavy atom. The van der Waals surface area contributed by atoms with Crippen LogP contribution in [0, 0.1) is 16.0 Å². The maximum atomic E-state index is 11.7. The van der Waals surface area contributed by atoms with Crippen molar-refractivity contribution in [1.29, 1.82) is 0 Å². The number of anilines is 1. The Bertz CT molecular complexity index is 755. The molecular formula is C14H16N4O3. The highest BCUT2D eigenvalue weighted by Crippen LogP contribution is 2.39. The highest BCUT2D eigenvalue weighted by Gasteiger charge is 2.37. The third-order valence-corrected chi connectivity index (χ3v) is 3.88. The molecule has 1 saturated carbocycles. The van der Waals surface area contributed by atoms with Crippen LogP contribution in [0.25, 0.3) is 10.9 Å². The lowest BCUT2D eigenvalue weighted by molar-refractivity contribution is -0.383. The van der Waals surface area contributed by atoms with E-state index >= 15 is 0 Å². The number of H-pyrrole nitrogens is 1. The molecule has 0 amide bonds. The van der Waals surface area contributed by atoms with Crippen LogP contribution in [0.3, 0.4) is 0 Å². The number of hydrogen-bond acceptors (Lipinski definition) is 5. The van der Waals surface area contributed by atoms with Crippen LogP contribution in [0.15, 0.2) is 23.3 Å². The summed E-state index contributed by atoms with van der Waals surface area (Å²) in [4.78, 5) is 28.9. The smallest absolute Gasteiger partial charge is 0.293 e. The first-order valence-corrected chi connectivity index (χ1v) is 7.02. The summed E-state index contributed by atoms with van der Waals surface area (Å²) >= 11 is 0. The van der Waals surface area contributed by atoms with Crippen molar-refractivity contribution < 1.29 is 4.92 Å². The highest BCUT2D eigenvalue weighted by atomic mass is 16.6. The van der Waals surface area contributed by atoms with Gasteiger partial charge < -0.3 is 10.3 Å². The van der Waals surface area contributed by atoms with E-state index in [9.17, 15) is 14.9 Å². The maximum absolute atomic E-state index is 11.7. The third kappa shape index (κ3) is 2.58. The number of rotatable bonds is 5. The van der Waals surface area contributed by atoms with Gasteiger partial charge in [-0.1, -0.05) is 13.3 Å².